The predicted octanol–water partition coefficient (Wildman–Crippen LogP) is -0.343. The molecule has 1 aliphatic carbocycles. The van der Waals surface area contributed by atoms with Crippen LogP contribution in [-0.4, -0.2) is 41.5 Å². The van der Waals surface area contributed by atoms with Gasteiger partial charge in [-0.1, -0.05) is 0 Å². The van der Waals surface area contributed by atoms with Gasteiger partial charge >= 0.3 is 5.97 Å². The molecule has 0 aromatic rings. The number of aliphatic carboxylic acids is 1. The summed E-state index contributed by atoms with van der Waals surface area (Å²) in [7, 11) is 1.51. The second kappa shape index (κ2) is 3.57. The summed E-state index contributed by atoms with van der Waals surface area (Å²) in [5, 5.41) is 8.74. The van der Waals surface area contributed by atoms with Crippen molar-refractivity contribution in [1.82, 2.24) is 4.90 Å². The summed E-state index contributed by atoms with van der Waals surface area (Å²) in [4.78, 5) is 23.7. The molecule has 1 unspecified atom stereocenters. The molecule has 0 radical (unpaired) electrons. The molecule has 5 heteroatoms. The molecule has 1 fully saturated rings. The van der Waals surface area contributed by atoms with Gasteiger partial charge in [-0.3, -0.25) is 4.79 Å². The zero-order valence-corrected chi connectivity index (χ0v) is 8.49. The lowest BCUT2D eigenvalue weighted by Crippen LogP contribution is -2.45. The number of rotatable bonds is 4. The highest BCUT2D eigenvalue weighted by molar-refractivity contribution is 5.89. The third-order valence-electron chi connectivity index (χ3n) is 2.96. The SMILES string of the molecule is CC(C(=O)O)N(C)C(=O)C1(CN)CC1. The topological polar surface area (TPSA) is 83.6 Å². The number of carboxylic acid groups (broad SMARTS) is 1. The molecule has 1 atom stereocenters. The predicted molar refractivity (Wildman–Crippen MR) is 50.6 cm³/mol. The van der Waals surface area contributed by atoms with Crippen LogP contribution in [0.15, 0.2) is 0 Å². The Hall–Kier alpha value is -1.10. The number of nitrogens with two attached hydrogens (primary N) is 1. The van der Waals surface area contributed by atoms with Crippen LogP contribution in [-0.2, 0) is 9.59 Å². The molecule has 1 saturated carbocycles. The number of nitrogens with zero attached hydrogens (tertiary/aromatic N) is 1. The fourth-order valence-electron chi connectivity index (χ4n) is 1.37. The van der Waals surface area contributed by atoms with Gasteiger partial charge in [-0.2, -0.15) is 0 Å². The van der Waals surface area contributed by atoms with Gasteiger partial charge in [0.2, 0.25) is 5.91 Å². The molecule has 0 aromatic heterocycles. The Bertz CT molecular complexity index is 261. The van der Waals surface area contributed by atoms with Crippen LogP contribution in [0.25, 0.3) is 0 Å². The van der Waals surface area contributed by atoms with Gasteiger partial charge in [-0.05, 0) is 19.8 Å². The third kappa shape index (κ3) is 1.72. The summed E-state index contributed by atoms with van der Waals surface area (Å²) in [6, 6.07) is -0.786. The minimum Gasteiger partial charge on any atom is -0.480 e. The molecule has 0 aliphatic heterocycles. The minimum atomic E-state index is -0.992. The molecule has 14 heavy (non-hydrogen) atoms. The molecule has 0 aromatic carbocycles. The quantitative estimate of drug-likeness (QED) is 0.650. The Morgan fingerprint density at radius 2 is 2.07 bits per heavy atom. The van der Waals surface area contributed by atoms with Crippen molar-refractivity contribution in [3.8, 4) is 0 Å². The van der Waals surface area contributed by atoms with Crippen molar-refractivity contribution in [1.29, 1.82) is 0 Å². The van der Waals surface area contributed by atoms with E-state index < -0.39 is 17.4 Å². The van der Waals surface area contributed by atoms with Gasteiger partial charge in [0, 0.05) is 13.6 Å². The van der Waals surface area contributed by atoms with Crippen LogP contribution in [0.4, 0.5) is 0 Å². The average molecular weight is 200 g/mol. The van der Waals surface area contributed by atoms with Gasteiger partial charge in [0.05, 0.1) is 5.41 Å². The number of hydrogen-bond donors (Lipinski definition) is 2. The Morgan fingerprint density at radius 1 is 1.57 bits per heavy atom. The molecule has 1 aliphatic rings. The van der Waals surface area contributed by atoms with E-state index in [9.17, 15) is 9.59 Å². The van der Waals surface area contributed by atoms with E-state index in [4.69, 9.17) is 10.8 Å². The molecule has 1 amide bonds. The molecular formula is C9H16N2O3. The normalized spacial score (nSPS) is 19.9. The lowest BCUT2D eigenvalue weighted by Gasteiger charge is -2.25. The van der Waals surface area contributed by atoms with Crippen molar-refractivity contribution in [3.05, 3.63) is 0 Å². The Balaban J connectivity index is 2.65. The van der Waals surface area contributed by atoms with E-state index in [-0.39, 0.29) is 5.91 Å². The summed E-state index contributed by atoms with van der Waals surface area (Å²) in [6.07, 6.45) is 1.55. The highest BCUT2D eigenvalue weighted by Crippen LogP contribution is 2.46. The monoisotopic (exact) mass is 200 g/mol. The highest BCUT2D eigenvalue weighted by Gasteiger charge is 2.50. The van der Waals surface area contributed by atoms with Crippen molar-refractivity contribution >= 4 is 11.9 Å². The molecule has 0 bridgehead atoms. The second-order valence-electron chi connectivity index (χ2n) is 3.91. The lowest BCUT2D eigenvalue weighted by atomic mass is 10.1. The molecule has 3 N–H and O–H groups in total. The Kier molecular flexibility index (Phi) is 2.80. The van der Waals surface area contributed by atoms with Gasteiger partial charge in [0.25, 0.3) is 0 Å². The van der Waals surface area contributed by atoms with Crippen LogP contribution >= 0.6 is 0 Å². The van der Waals surface area contributed by atoms with E-state index in [1.165, 1.54) is 18.9 Å². The Labute approximate surface area is 82.9 Å². The zero-order valence-electron chi connectivity index (χ0n) is 8.49. The summed E-state index contributed by atoms with van der Waals surface area (Å²) >= 11 is 0. The van der Waals surface area contributed by atoms with Crippen LogP contribution in [0.1, 0.15) is 19.8 Å². The van der Waals surface area contributed by atoms with Crippen molar-refractivity contribution in [2.24, 2.45) is 11.1 Å². The van der Waals surface area contributed by atoms with Crippen LogP contribution in [0, 0.1) is 5.41 Å². The Morgan fingerprint density at radius 3 is 2.36 bits per heavy atom. The van der Waals surface area contributed by atoms with E-state index in [1.807, 2.05) is 0 Å². The fraction of sp³-hybridized carbons (Fsp3) is 0.778. The summed E-state index contributed by atoms with van der Waals surface area (Å²) < 4.78 is 0. The first-order chi connectivity index (χ1) is 6.44. The molecule has 1 rings (SSSR count). The van der Waals surface area contributed by atoms with Gasteiger partial charge < -0.3 is 15.7 Å². The zero-order chi connectivity index (χ0) is 10.9. The molecule has 0 spiro atoms. The summed E-state index contributed by atoms with van der Waals surface area (Å²) in [5.74, 6) is -1.14. The van der Waals surface area contributed by atoms with E-state index >= 15 is 0 Å². The van der Waals surface area contributed by atoms with Crippen molar-refractivity contribution in [3.63, 3.8) is 0 Å². The number of hydrogen-bond acceptors (Lipinski definition) is 3. The van der Waals surface area contributed by atoms with Crippen molar-refractivity contribution in [2.45, 2.75) is 25.8 Å². The van der Waals surface area contributed by atoms with E-state index in [0.29, 0.717) is 6.54 Å². The van der Waals surface area contributed by atoms with Gasteiger partial charge in [0.1, 0.15) is 6.04 Å². The maximum atomic E-state index is 11.8. The first-order valence-corrected chi connectivity index (χ1v) is 4.65. The van der Waals surface area contributed by atoms with Gasteiger partial charge in [-0.15, -0.1) is 0 Å². The first kappa shape index (κ1) is 11.0. The molecule has 80 valence electrons. The van der Waals surface area contributed by atoms with Crippen LogP contribution in [0.2, 0.25) is 0 Å². The van der Waals surface area contributed by atoms with E-state index in [2.05, 4.69) is 0 Å². The number of carbonyl (C=O) groups excluding carboxylic acids is 1. The average Bonchev–Trinajstić information content (AvgIpc) is 2.94. The highest BCUT2D eigenvalue weighted by atomic mass is 16.4. The van der Waals surface area contributed by atoms with Crippen LogP contribution in [0.3, 0.4) is 0 Å². The first-order valence-electron chi connectivity index (χ1n) is 4.65. The number of amides is 1. The van der Waals surface area contributed by atoms with Crippen molar-refractivity contribution < 1.29 is 14.7 Å². The van der Waals surface area contributed by atoms with Crippen LogP contribution in [0.5, 0.6) is 0 Å². The van der Waals surface area contributed by atoms with E-state index in [0.717, 1.165) is 12.8 Å². The van der Waals surface area contributed by atoms with Gasteiger partial charge in [0.15, 0.2) is 0 Å². The minimum absolute atomic E-state index is 0.144. The number of carbonyl (C=O) groups is 2. The standard InChI is InChI=1S/C9H16N2O3/c1-6(7(12)13)11(2)8(14)9(5-10)3-4-9/h6H,3-5,10H2,1-2H3,(H,12,13). The molecule has 0 heterocycles. The summed E-state index contributed by atoms with van der Waals surface area (Å²) in [5.41, 5.74) is 5.03. The molecular weight excluding hydrogens is 184 g/mol. The van der Waals surface area contributed by atoms with Gasteiger partial charge in [-0.25, -0.2) is 4.79 Å². The molecule has 5 nitrogen and oxygen atoms in total. The number of likely N-dealkylation sites (N-methyl/N-ethyl adjacent to an activating group) is 1. The summed E-state index contributed by atoms with van der Waals surface area (Å²) in [6.45, 7) is 1.80. The maximum absolute atomic E-state index is 11.8. The third-order valence-corrected chi connectivity index (χ3v) is 2.96. The van der Waals surface area contributed by atoms with Crippen LogP contribution < -0.4 is 5.73 Å². The fourth-order valence-corrected chi connectivity index (χ4v) is 1.37. The van der Waals surface area contributed by atoms with E-state index in [1.54, 1.807) is 0 Å². The molecule has 0 saturated heterocycles. The smallest absolute Gasteiger partial charge is 0.326 e. The maximum Gasteiger partial charge on any atom is 0.326 e. The largest absolute Gasteiger partial charge is 0.480 e. The number of carboxylic acids is 1. The van der Waals surface area contributed by atoms with Crippen molar-refractivity contribution in [2.75, 3.05) is 13.6 Å². The second-order valence-corrected chi connectivity index (χ2v) is 3.91. The lowest BCUT2D eigenvalue weighted by molar-refractivity contribution is -0.150.